The highest BCUT2D eigenvalue weighted by Gasteiger charge is 2.29. The average Bonchev–Trinajstić information content (AvgIpc) is 3.03. The van der Waals surface area contributed by atoms with E-state index in [2.05, 4.69) is 34.9 Å². The van der Waals surface area contributed by atoms with Crippen molar-refractivity contribution in [3.05, 3.63) is 59.7 Å². The first kappa shape index (κ1) is 23.3. The average molecular weight is 439 g/mol. The molecule has 0 unspecified atom stereocenters. The van der Waals surface area contributed by atoms with Crippen molar-refractivity contribution in [1.29, 1.82) is 0 Å². The Bertz CT molecular complexity index is 956. The lowest BCUT2D eigenvalue weighted by atomic mass is 9.89. The lowest BCUT2D eigenvalue weighted by molar-refractivity contribution is -0.137. The summed E-state index contributed by atoms with van der Waals surface area (Å²) in [4.78, 5) is 35.3. The van der Waals surface area contributed by atoms with Crippen molar-refractivity contribution in [1.82, 2.24) is 10.6 Å². The molecule has 0 bridgehead atoms. The third kappa shape index (κ3) is 5.87. The Labute approximate surface area is 188 Å². The quantitative estimate of drug-likeness (QED) is 0.550. The van der Waals surface area contributed by atoms with Crippen LogP contribution in [0, 0.1) is 5.41 Å². The summed E-state index contributed by atoms with van der Waals surface area (Å²) in [6, 6.07) is 15.8. The predicted octanol–water partition coefficient (Wildman–Crippen LogP) is 3.92. The number of aliphatic carboxylic acids is 1. The Morgan fingerprint density at radius 2 is 1.59 bits per heavy atom. The number of carbonyl (C=O) groups excluding carboxylic acids is 2. The number of carboxylic acids is 1. The van der Waals surface area contributed by atoms with Crippen LogP contribution in [0.4, 0.5) is 4.79 Å². The number of ether oxygens (including phenoxy) is 1. The first-order valence-corrected chi connectivity index (χ1v) is 10.8. The van der Waals surface area contributed by atoms with Gasteiger partial charge in [0.15, 0.2) is 0 Å². The summed E-state index contributed by atoms with van der Waals surface area (Å²) in [6.45, 7) is 5.85. The van der Waals surface area contributed by atoms with Gasteiger partial charge in [-0.15, -0.1) is 0 Å². The molecule has 2 aromatic carbocycles. The maximum Gasteiger partial charge on any atom is 0.407 e. The van der Waals surface area contributed by atoms with Gasteiger partial charge in [-0.1, -0.05) is 62.4 Å². The van der Waals surface area contributed by atoms with Gasteiger partial charge in [0.25, 0.3) is 0 Å². The molecule has 2 amide bonds. The van der Waals surface area contributed by atoms with Gasteiger partial charge in [-0.25, -0.2) is 4.79 Å². The molecule has 3 N–H and O–H groups in total. The first-order valence-electron chi connectivity index (χ1n) is 10.8. The van der Waals surface area contributed by atoms with E-state index in [1.54, 1.807) is 6.92 Å². The van der Waals surface area contributed by atoms with Crippen LogP contribution in [-0.4, -0.2) is 42.3 Å². The molecule has 170 valence electrons. The maximum absolute atomic E-state index is 12.4. The summed E-state index contributed by atoms with van der Waals surface area (Å²) in [7, 11) is 0. The second kappa shape index (κ2) is 9.85. The molecule has 0 heterocycles. The number of fused-ring (bicyclic) bond motifs is 3. The fourth-order valence-electron chi connectivity index (χ4n) is 4.10. The van der Waals surface area contributed by atoms with Gasteiger partial charge in [0.05, 0.1) is 6.42 Å². The Hall–Kier alpha value is -3.35. The van der Waals surface area contributed by atoms with Gasteiger partial charge in [-0.3, -0.25) is 9.59 Å². The molecule has 1 atom stereocenters. The zero-order chi connectivity index (χ0) is 23.3. The fourth-order valence-corrected chi connectivity index (χ4v) is 4.10. The van der Waals surface area contributed by atoms with E-state index in [-0.39, 0.29) is 37.8 Å². The number of hydrogen-bond acceptors (Lipinski definition) is 4. The smallest absolute Gasteiger partial charge is 0.407 e. The molecule has 2 aromatic rings. The third-order valence-corrected chi connectivity index (χ3v) is 5.58. The largest absolute Gasteiger partial charge is 0.481 e. The molecule has 7 heteroatoms. The van der Waals surface area contributed by atoms with Crippen molar-refractivity contribution in [2.45, 2.75) is 45.6 Å². The van der Waals surface area contributed by atoms with Gasteiger partial charge < -0.3 is 20.5 Å². The Kier molecular flexibility index (Phi) is 7.18. The second-order valence-corrected chi connectivity index (χ2v) is 9.09. The van der Waals surface area contributed by atoms with Gasteiger partial charge in [0.1, 0.15) is 6.61 Å². The molecular weight excluding hydrogens is 408 g/mol. The zero-order valence-corrected chi connectivity index (χ0v) is 18.7. The van der Waals surface area contributed by atoms with Crippen molar-refractivity contribution in [3.8, 4) is 11.1 Å². The summed E-state index contributed by atoms with van der Waals surface area (Å²) in [5.74, 6) is -1.23. The number of benzene rings is 2. The van der Waals surface area contributed by atoms with E-state index in [1.165, 1.54) is 11.1 Å². The van der Waals surface area contributed by atoms with Crippen LogP contribution in [0.15, 0.2) is 48.5 Å². The lowest BCUT2D eigenvalue weighted by Gasteiger charge is -2.25. The second-order valence-electron chi connectivity index (χ2n) is 9.09. The van der Waals surface area contributed by atoms with Gasteiger partial charge in [-0.2, -0.15) is 0 Å². The van der Waals surface area contributed by atoms with E-state index in [4.69, 9.17) is 9.84 Å². The van der Waals surface area contributed by atoms with E-state index in [1.807, 2.05) is 38.1 Å². The number of alkyl carbamates (subject to hydrolysis) is 1. The van der Waals surface area contributed by atoms with Crippen molar-refractivity contribution >= 4 is 18.0 Å². The number of carbonyl (C=O) groups is 3. The van der Waals surface area contributed by atoms with E-state index >= 15 is 0 Å². The van der Waals surface area contributed by atoms with E-state index in [9.17, 15) is 14.4 Å². The lowest BCUT2D eigenvalue weighted by Crippen LogP contribution is -2.40. The predicted molar refractivity (Wildman–Crippen MR) is 121 cm³/mol. The molecule has 0 aromatic heterocycles. The Balaban J connectivity index is 1.50. The molecule has 0 spiro atoms. The molecular formula is C25H30N2O5. The number of amides is 2. The normalized spacial score (nSPS) is 13.6. The topological polar surface area (TPSA) is 105 Å². The molecule has 1 aliphatic rings. The summed E-state index contributed by atoms with van der Waals surface area (Å²) in [6.07, 6.45) is -0.510. The van der Waals surface area contributed by atoms with Crippen LogP contribution in [-0.2, 0) is 14.3 Å². The van der Waals surface area contributed by atoms with E-state index in [0.717, 1.165) is 11.1 Å². The summed E-state index contributed by atoms with van der Waals surface area (Å²) < 4.78 is 5.53. The monoisotopic (exact) mass is 438 g/mol. The molecule has 0 aliphatic heterocycles. The minimum Gasteiger partial charge on any atom is -0.481 e. The van der Waals surface area contributed by atoms with Crippen LogP contribution in [0.1, 0.15) is 50.7 Å². The zero-order valence-electron chi connectivity index (χ0n) is 18.7. The van der Waals surface area contributed by atoms with Gasteiger partial charge in [0, 0.05) is 24.9 Å². The van der Waals surface area contributed by atoms with Crippen molar-refractivity contribution in [3.63, 3.8) is 0 Å². The highest BCUT2D eigenvalue weighted by atomic mass is 16.5. The van der Waals surface area contributed by atoms with Crippen LogP contribution < -0.4 is 10.6 Å². The van der Waals surface area contributed by atoms with E-state index in [0.29, 0.717) is 0 Å². The van der Waals surface area contributed by atoms with Crippen molar-refractivity contribution in [2.75, 3.05) is 13.2 Å². The molecule has 7 nitrogen and oxygen atoms in total. The fraction of sp³-hybridized carbons (Fsp3) is 0.400. The minimum absolute atomic E-state index is 0.0114. The van der Waals surface area contributed by atoms with Crippen LogP contribution >= 0.6 is 0 Å². The highest BCUT2D eigenvalue weighted by molar-refractivity contribution is 5.79. The first-order chi connectivity index (χ1) is 15.2. The van der Waals surface area contributed by atoms with E-state index < -0.39 is 23.5 Å². The molecule has 0 saturated carbocycles. The number of rotatable bonds is 9. The molecule has 0 fully saturated rings. The van der Waals surface area contributed by atoms with Crippen LogP contribution in [0.25, 0.3) is 11.1 Å². The Morgan fingerprint density at radius 1 is 1.03 bits per heavy atom. The SMILES string of the molecule is C[C@H](CC(=O)O)NC(=O)CC(C)(C)CNC(=O)OCC1c2ccccc2-c2ccccc21. The minimum atomic E-state index is -0.964. The van der Waals surface area contributed by atoms with Crippen molar-refractivity contribution < 1.29 is 24.2 Å². The van der Waals surface area contributed by atoms with Gasteiger partial charge in [0.2, 0.25) is 5.91 Å². The summed E-state index contributed by atoms with van der Waals surface area (Å²) >= 11 is 0. The number of carboxylic acid groups (broad SMARTS) is 1. The standard InChI is InChI=1S/C25H30N2O5/c1-16(12-23(29)30)27-22(28)13-25(2,3)15-26-24(31)32-14-21-19-10-6-4-8-17(19)18-9-5-7-11-20(18)21/h4-11,16,21H,12-15H2,1-3H3,(H,26,31)(H,27,28)(H,29,30)/t16-/m1/s1. The molecule has 0 radical (unpaired) electrons. The molecule has 32 heavy (non-hydrogen) atoms. The van der Waals surface area contributed by atoms with Crippen LogP contribution in [0.5, 0.6) is 0 Å². The summed E-state index contributed by atoms with van der Waals surface area (Å²) in [5.41, 5.74) is 4.12. The Morgan fingerprint density at radius 3 is 2.16 bits per heavy atom. The number of nitrogens with one attached hydrogen (secondary N) is 2. The van der Waals surface area contributed by atoms with Gasteiger partial charge in [-0.05, 0) is 34.6 Å². The number of hydrogen-bond donors (Lipinski definition) is 3. The van der Waals surface area contributed by atoms with Crippen LogP contribution in [0.2, 0.25) is 0 Å². The molecule has 3 rings (SSSR count). The molecule has 1 aliphatic carbocycles. The maximum atomic E-state index is 12.4. The summed E-state index contributed by atoms with van der Waals surface area (Å²) in [5, 5.41) is 14.2. The van der Waals surface area contributed by atoms with Gasteiger partial charge >= 0.3 is 12.1 Å². The third-order valence-electron chi connectivity index (χ3n) is 5.58. The van der Waals surface area contributed by atoms with Crippen molar-refractivity contribution in [2.24, 2.45) is 5.41 Å². The highest BCUT2D eigenvalue weighted by Crippen LogP contribution is 2.44. The molecule has 0 saturated heterocycles. The van der Waals surface area contributed by atoms with Crippen LogP contribution in [0.3, 0.4) is 0 Å².